The Morgan fingerprint density at radius 1 is 1.14 bits per heavy atom. The van der Waals surface area contributed by atoms with Crippen LogP contribution in [0.15, 0.2) is 66.6 Å². The van der Waals surface area contributed by atoms with E-state index in [0.717, 1.165) is 16.8 Å². The first-order valence-corrected chi connectivity index (χ1v) is 9.84. The van der Waals surface area contributed by atoms with Gasteiger partial charge < -0.3 is 4.90 Å². The molecule has 0 N–H and O–H groups in total. The second-order valence-electron chi connectivity index (χ2n) is 6.57. The minimum Gasteiger partial charge on any atom is -0.334 e. The third-order valence-corrected chi connectivity index (χ3v) is 5.67. The molecule has 29 heavy (non-hydrogen) atoms. The molecule has 0 aliphatic rings. The Kier molecular flexibility index (Phi) is 5.18. The van der Waals surface area contributed by atoms with Gasteiger partial charge in [-0.3, -0.25) is 4.79 Å². The van der Waals surface area contributed by atoms with Crippen molar-refractivity contribution in [2.75, 3.05) is 7.05 Å². The summed E-state index contributed by atoms with van der Waals surface area (Å²) >= 11 is 1.37. The lowest BCUT2D eigenvalue weighted by molar-refractivity contribution is 0.0737. The average molecular weight is 407 g/mol. The molecule has 4 aromatic rings. The first-order chi connectivity index (χ1) is 14.0. The van der Waals surface area contributed by atoms with Crippen molar-refractivity contribution in [3.05, 3.63) is 83.6 Å². The van der Waals surface area contributed by atoms with Gasteiger partial charge in [0.2, 0.25) is 0 Å². The van der Waals surface area contributed by atoms with Crippen molar-refractivity contribution in [3.63, 3.8) is 0 Å². The van der Waals surface area contributed by atoms with Crippen molar-refractivity contribution in [3.8, 4) is 16.3 Å². The van der Waals surface area contributed by atoms with E-state index in [9.17, 15) is 9.18 Å². The molecule has 146 valence electrons. The minimum absolute atomic E-state index is 0.136. The highest BCUT2D eigenvalue weighted by atomic mass is 32.1. The lowest BCUT2D eigenvalue weighted by Crippen LogP contribution is -2.29. The summed E-state index contributed by atoms with van der Waals surface area (Å²) in [4.78, 5) is 22.9. The van der Waals surface area contributed by atoms with Crippen LogP contribution < -0.4 is 0 Å². The number of amides is 1. The number of benzene rings is 2. The Hall–Kier alpha value is -3.39. The number of hydrogen-bond acceptors (Lipinski definition) is 5. The van der Waals surface area contributed by atoms with Crippen molar-refractivity contribution in [1.82, 2.24) is 24.6 Å². The summed E-state index contributed by atoms with van der Waals surface area (Å²) in [6.45, 7) is 1.97. The highest BCUT2D eigenvalue weighted by Crippen LogP contribution is 2.26. The molecule has 0 spiro atoms. The topological polar surface area (TPSA) is 63.9 Å². The van der Waals surface area contributed by atoms with Gasteiger partial charge in [0.1, 0.15) is 29.2 Å². The first-order valence-electron chi connectivity index (χ1n) is 8.96. The maximum atomic E-state index is 13.1. The molecular formula is C21H18FN5OS. The zero-order valence-corrected chi connectivity index (χ0v) is 16.7. The maximum absolute atomic E-state index is 13.1. The number of aromatic nitrogens is 4. The molecule has 1 atom stereocenters. The summed E-state index contributed by atoms with van der Waals surface area (Å²) in [7, 11) is 1.76. The van der Waals surface area contributed by atoms with Gasteiger partial charge in [-0.15, -0.1) is 11.3 Å². The van der Waals surface area contributed by atoms with Crippen LogP contribution in [0.3, 0.4) is 0 Å². The number of halogens is 1. The number of thiazole rings is 1. The molecular weight excluding hydrogens is 389 g/mol. The average Bonchev–Trinajstić information content (AvgIpc) is 3.45. The summed E-state index contributed by atoms with van der Waals surface area (Å²) in [5.41, 5.74) is 3.06. The zero-order valence-electron chi connectivity index (χ0n) is 15.9. The summed E-state index contributed by atoms with van der Waals surface area (Å²) in [6.07, 6.45) is 3.12. The summed E-state index contributed by atoms with van der Waals surface area (Å²) in [5.74, 6) is -0.465. The van der Waals surface area contributed by atoms with Crippen LogP contribution in [-0.2, 0) is 0 Å². The third-order valence-electron chi connectivity index (χ3n) is 4.77. The molecule has 2 heterocycles. The van der Waals surface area contributed by atoms with Crippen LogP contribution >= 0.6 is 11.3 Å². The van der Waals surface area contributed by atoms with Gasteiger partial charge >= 0.3 is 0 Å². The summed E-state index contributed by atoms with van der Waals surface area (Å²) in [6, 6.07) is 13.8. The maximum Gasteiger partial charge on any atom is 0.273 e. The van der Waals surface area contributed by atoms with Gasteiger partial charge in [-0.05, 0) is 48.9 Å². The molecule has 0 radical (unpaired) electrons. The smallest absolute Gasteiger partial charge is 0.273 e. The Bertz CT molecular complexity index is 1110. The van der Waals surface area contributed by atoms with E-state index in [4.69, 9.17) is 0 Å². The van der Waals surface area contributed by atoms with Gasteiger partial charge in [-0.25, -0.2) is 19.0 Å². The lowest BCUT2D eigenvalue weighted by atomic mass is 10.1. The Morgan fingerprint density at radius 3 is 2.52 bits per heavy atom. The van der Waals surface area contributed by atoms with E-state index in [1.165, 1.54) is 29.8 Å². The quantitative estimate of drug-likeness (QED) is 0.493. The van der Waals surface area contributed by atoms with Crippen molar-refractivity contribution in [2.45, 2.75) is 13.0 Å². The van der Waals surface area contributed by atoms with E-state index in [-0.39, 0.29) is 17.8 Å². The fourth-order valence-electron chi connectivity index (χ4n) is 2.92. The van der Waals surface area contributed by atoms with E-state index in [2.05, 4.69) is 15.1 Å². The normalized spacial score (nSPS) is 12.0. The van der Waals surface area contributed by atoms with E-state index in [0.29, 0.717) is 10.7 Å². The predicted octanol–water partition coefficient (Wildman–Crippen LogP) is 4.36. The fraction of sp³-hybridized carbons (Fsp3) is 0.143. The molecule has 2 aromatic heterocycles. The number of nitrogens with zero attached hydrogens (tertiary/aromatic N) is 5. The van der Waals surface area contributed by atoms with Crippen LogP contribution in [0.2, 0.25) is 0 Å². The molecule has 0 saturated carbocycles. The van der Waals surface area contributed by atoms with Crippen LogP contribution in [0.5, 0.6) is 0 Å². The van der Waals surface area contributed by atoms with Crippen molar-refractivity contribution in [2.24, 2.45) is 0 Å². The summed E-state index contributed by atoms with van der Waals surface area (Å²) < 4.78 is 14.8. The predicted molar refractivity (Wildman–Crippen MR) is 109 cm³/mol. The summed E-state index contributed by atoms with van der Waals surface area (Å²) in [5, 5.41) is 6.53. The minimum atomic E-state index is -0.301. The molecule has 1 unspecified atom stereocenters. The number of carbonyl (C=O) groups is 1. The van der Waals surface area contributed by atoms with Gasteiger partial charge in [0, 0.05) is 18.0 Å². The molecule has 0 aliphatic heterocycles. The number of hydrogen-bond donors (Lipinski definition) is 0. The highest BCUT2D eigenvalue weighted by molar-refractivity contribution is 7.13. The fourth-order valence-corrected chi connectivity index (χ4v) is 3.72. The zero-order chi connectivity index (χ0) is 20.4. The van der Waals surface area contributed by atoms with Gasteiger partial charge in [-0.2, -0.15) is 5.10 Å². The molecule has 2 aromatic carbocycles. The van der Waals surface area contributed by atoms with Crippen molar-refractivity contribution < 1.29 is 9.18 Å². The SMILES string of the molecule is CC(c1ccc(-n2cncn2)cc1)N(C)C(=O)c1csc(-c2ccc(F)cc2)n1. The van der Waals surface area contributed by atoms with Gasteiger partial charge in [0.25, 0.3) is 5.91 Å². The largest absolute Gasteiger partial charge is 0.334 e. The molecule has 8 heteroatoms. The van der Waals surface area contributed by atoms with Crippen LogP contribution in [0, 0.1) is 5.82 Å². The molecule has 0 bridgehead atoms. The molecule has 0 fully saturated rings. The van der Waals surface area contributed by atoms with E-state index >= 15 is 0 Å². The Balaban J connectivity index is 1.49. The van der Waals surface area contributed by atoms with Gasteiger partial charge in [0.15, 0.2) is 0 Å². The first kappa shape index (κ1) is 18.9. The highest BCUT2D eigenvalue weighted by Gasteiger charge is 2.21. The lowest BCUT2D eigenvalue weighted by Gasteiger charge is -2.24. The monoisotopic (exact) mass is 407 g/mol. The van der Waals surface area contributed by atoms with E-state index in [1.807, 2.05) is 31.2 Å². The van der Waals surface area contributed by atoms with Crippen LogP contribution in [0.4, 0.5) is 4.39 Å². The number of carbonyl (C=O) groups excluding carboxylic acids is 1. The molecule has 1 amide bonds. The van der Waals surface area contributed by atoms with E-state index in [1.54, 1.807) is 40.5 Å². The van der Waals surface area contributed by atoms with Gasteiger partial charge in [0.05, 0.1) is 11.7 Å². The Labute approximate surface area is 171 Å². The van der Waals surface area contributed by atoms with Crippen LogP contribution in [0.25, 0.3) is 16.3 Å². The second kappa shape index (κ2) is 7.92. The van der Waals surface area contributed by atoms with Crippen LogP contribution in [-0.4, -0.2) is 37.6 Å². The third kappa shape index (κ3) is 3.93. The molecule has 0 saturated heterocycles. The molecule has 0 aliphatic carbocycles. The van der Waals surface area contributed by atoms with Gasteiger partial charge in [-0.1, -0.05) is 12.1 Å². The standard InChI is InChI=1S/C21H18FN5OS/c1-14(15-5-9-18(10-6-15)27-13-23-12-24-27)26(2)21(28)19-11-29-20(25-19)16-3-7-17(22)8-4-16/h3-14H,1-2H3. The molecule has 4 rings (SSSR count). The van der Waals surface area contributed by atoms with Crippen LogP contribution in [0.1, 0.15) is 29.0 Å². The second-order valence-corrected chi connectivity index (χ2v) is 7.43. The molecule has 6 nitrogen and oxygen atoms in total. The number of rotatable bonds is 5. The van der Waals surface area contributed by atoms with E-state index < -0.39 is 0 Å². The Morgan fingerprint density at radius 2 is 1.86 bits per heavy atom. The van der Waals surface area contributed by atoms with Crippen molar-refractivity contribution >= 4 is 17.2 Å². The van der Waals surface area contributed by atoms with Crippen molar-refractivity contribution in [1.29, 1.82) is 0 Å².